The Labute approximate surface area is 125 Å². The molecule has 1 rings (SSSR count). The number of unbranched alkanes of at least 4 members (excludes halogenated alkanes) is 1. The van der Waals surface area contributed by atoms with Crippen LogP contribution in [-0.4, -0.2) is 17.6 Å². The van der Waals surface area contributed by atoms with Gasteiger partial charge in [0.1, 0.15) is 0 Å². The van der Waals surface area contributed by atoms with Crippen molar-refractivity contribution in [1.82, 2.24) is 10.3 Å². The highest BCUT2D eigenvalue weighted by Gasteiger charge is 2.14. The Hall–Kier alpha value is -0.890. The Morgan fingerprint density at radius 3 is 2.65 bits per heavy atom. The average molecular weight is 276 g/mol. The summed E-state index contributed by atoms with van der Waals surface area (Å²) in [6, 6.07) is 4.87. The Morgan fingerprint density at radius 1 is 1.20 bits per heavy atom. The van der Waals surface area contributed by atoms with E-state index in [2.05, 4.69) is 37.1 Å². The van der Waals surface area contributed by atoms with Gasteiger partial charge in [0.05, 0.1) is 0 Å². The number of hydrogen-bond donors (Lipinski definition) is 1. The van der Waals surface area contributed by atoms with Crippen molar-refractivity contribution in [2.45, 2.75) is 71.8 Å². The van der Waals surface area contributed by atoms with Crippen molar-refractivity contribution in [3.63, 3.8) is 0 Å². The van der Waals surface area contributed by atoms with Gasteiger partial charge in [-0.25, -0.2) is 0 Å². The molecule has 0 radical (unpaired) electrons. The van der Waals surface area contributed by atoms with Crippen LogP contribution < -0.4 is 5.32 Å². The SMILES string of the molecule is CCCCC(CC)CC(CCc1cccnc1)NCC. The Kier molecular flexibility index (Phi) is 9.31. The van der Waals surface area contributed by atoms with Gasteiger partial charge in [0.25, 0.3) is 0 Å². The summed E-state index contributed by atoms with van der Waals surface area (Å²) in [6.45, 7) is 7.91. The third kappa shape index (κ3) is 7.04. The van der Waals surface area contributed by atoms with Gasteiger partial charge < -0.3 is 5.32 Å². The highest BCUT2D eigenvalue weighted by molar-refractivity contribution is 5.08. The van der Waals surface area contributed by atoms with Crippen LogP contribution in [-0.2, 0) is 6.42 Å². The van der Waals surface area contributed by atoms with Crippen LogP contribution in [0.2, 0.25) is 0 Å². The van der Waals surface area contributed by atoms with E-state index in [4.69, 9.17) is 0 Å². The predicted molar refractivity (Wildman–Crippen MR) is 87.9 cm³/mol. The summed E-state index contributed by atoms with van der Waals surface area (Å²) in [7, 11) is 0. The fraction of sp³-hybridized carbons (Fsp3) is 0.722. The van der Waals surface area contributed by atoms with Gasteiger partial charge in [-0.1, -0.05) is 52.5 Å². The topological polar surface area (TPSA) is 24.9 Å². The maximum Gasteiger partial charge on any atom is 0.0299 e. The maximum atomic E-state index is 4.21. The van der Waals surface area contributed by atoms with Gasteiger partial charge in [-0.2, -0.15) is 0 Å². The second-order valence-electron chi connectivity index (χ2n) is 5.81. The second kappa shape index (κ2) is 10.8. The molecule has 2 atom stereocenters. The molecule has 114 valence electrons. The van der Waals surface area contributed by atoms with E-state index in [1.807, 2.05) is 18.5 Å². The molecule has 1 aromatic heterocycles. The van der Waals surface area contributed by atoms with Gasteiger partial charge in [-0.3, -0.25) is 4.98 Å². The number of nitrogens with zero attached hydrogens (tertiary/aromatic N) is 1. The van der Waals surface area contributed by atoms with Crippen LogP contribution in [0.25, 0.3) is 0 Å². The maximum absolute atomic E-state index is 4.21. The standard InChI is InChI=1S/C18H32N2/c1-4-7-9-16(5-2)14-18(20-6-3)12-11-17-10-8-13-19-15-17/h8,10,13,15-16,18,20H,4-7,9,11-12,14H2,1-3H3. The molecule has 0 aromatic carbocycles. The molecule has 2 unspecified atom stereocenters. The first-order valence-corrected chi connectivity index (χ1v) is 8.42. The fourth-order valence-electron chi connectivity index (χ4n) is 2.86. The first-order valence-electron chi connectivity index (χ1n) is 8.42. The molecular formula is C18H32N2. The van der Waals surface area contributed by atoms with E-state index in [0.29, 0.717) is 6.04 Å². The minimum atomic E-state index is 0.655. The van der Waals surface area contributed by atoms with Crippen molar-refractivity contribution in [2.24, 2.45) is 5.92 Å². The van der Waals surface area contributed by atoms with Crippen LogP contribution in [0.4, 0.5) is 0 Å². The summed E-state index contributed by atoms with van der Waals surface area (Å²) < 4.78 is 0. The molecule has 0 fully saturated rings. The minimum Gasteiger partial charge on any atom is -0.314 e. The van der Waals surface area contributed by atoms with E-state index in [1.54, 1.807) is 0 Å². The molecule has 1 N–H and O–H groups in total. The molecule has 2 nitrogen and oxygen atoms in total. The van der Waals surface area contributed by atoms with Crippen molar-refractivity contribution in [2.75, 3.05) is 6.54 Å². The molecule has 1 heterocycles. The van der Waals surface area contributed by atoms with Crippen LogP contribution >= 0.6 is 0 Å². The van der Waals surface area contributed by atoms with E-state index in [0.717, 1.165) is 18.9 Å². The quantitative estimate of drug-likeness (QED) is 0.639. The molecular weight excluding hydrogens is 244 g/mol. The number of rotatable bonds is 11. The largest absolute Gasteiger partial charge is 0.314 e. The first kappa shape index (κ1) is 17.2. The summed E-state index contributed by atoms with van der Waals surface area (Å²) in [5.41, 5.74) is 1.36. The van der Waals surface area contributed by atoms with E-state index in [-0.39, 0.29) is 0 Å². The predicted octanol–water partition coefficient (Wildman–Crippen LogP) is 4.60. The monoisotopic (exact) mass is 276 g/mol. The zero-order valence-electron chi connectivity index (χ0n) is 13.6. The van der Waals surface area contributed by atoms with Gasteiger partial charge in [0, 0.05) is 18.4 Å². The number of aromatic nitrogens is 1. The Morgan fingerprint density at radius 2 is 2.05 bits per heavy atom. The van der Waals surface area contributed by atoms with Gasteiger partial charge >= 0.3 is 0 Å². The number of nitrogens with one attached hydrogen (secondary N) is 1. The molecule has 0 saturated carbocycles. The summed E-state index contributed by atoms with van der Waals surface area (Å²) in [4.78, 5) is 4.21. The van der Waals surface area contributed by atoms with Crippen LogP contribution in [0.1, 0.15) is 64.9 Å². The summed E-state index contributed by atoms with van der Waals surface area (Å²) in [5.74, 6) is 0.882. The van der Waals surface area contributed by atoms with Crippen molar-refractivity contribution >= 4 is 0 Å². The van der Waals surface area contributed by atoms with Crippen LogP contribution in [0.3, 0.4) is 0 Å². The number of hydrogen-bond acceptors (Lipinski definition) is 2. The lowest BCUT2D eigenvalue weighted by atomic mass is 9.90. The molecule has 1 aromatic rings. The van der Waals surface area contributed by atoms with Gasteiger partial charge in [0.15, 0.2) is 0 Å². The third-order valence-corrected chi connectivity index (χ3v) is 4.16. The number of aryl methyl sites for hydroxylation is 1. The molecule has 2 heteroatoms. The number of pyridine rings is 1. The second-order valence-corrected chi connectivity index (χ2v) is 5.81. The minimum absolute atomic E-state index is 0.655. The van der Waals surface area contributed by atoms with Gasteiger partial charge in [0.2, 0.25) is 0 Å². The van der Waals surface area contributed by atoms with Crippen molar-refractivity contribution in [3.8, 4) is 0 Å². The molecule has 0 saturated heterocycles. The van der Waals surface area contributed by atoms with Crippen LogP contribution in [0.15, 0.2) is 24.5 Å². The van der Waals surface area contributed by atoms with E-state index in [9.17, 15) is 0 Å². The lowest BCUT2D eigenvalue weighted by Gasteiger charge is -2.23. The molecule has 0 aliphatic rings. The van der Waals surface area contributed by atoms with Crippen molar-refractivity contribution in [1.29, 1.82) is 0 Å². The molecule has 0 bridgehead atoms. The highest BCUT2D eigenvalue weighted by Crippen LogP contribution is 2.20. The lowest BCUT2D eigenvalue weighted by molar-refractivity contribution is 0.340. The Balaban J connectivity index is 2.42. The molecule has 0 aliphatic heterocycles. The molecule has 0 spiro atoms. The van der Waals surface area contributed by atoms with Crippen molar-refractivity contribution < 1.29 is 0 Å². The van der Waals surface area contributed by atoms with Crippen LogP contribution in [0.5, 0.6) is 0 Å². The smallest absolute Gasteiger partial charge is 0.0299 e. The molecule has 20 heavy (non-hydrogen) atoms. The highest BCUT2D eigenvalue weighted by atomic mass is 14.9. The zero-order chi connectivity index (χ0) is 14.6. The molecule has 0 amide bonds. The van der Waals surface area contributed by atoms with Gasteiger partial charge in [-0.15, -0.1) is 0 Å². The van der Waals surface area contributed by atoms with Crippen LogP contribution in [0, 0.1) is 5.92 Å². The summed E-state index contributed by atoms with van der Waals surface area (Å²) in [5, 5.41) is 3.67. The molecule has 0 aliphatic carbocycles. The van der Waals surface area contributed by atoms with E-state index in [1.165, 1.54) is 44.1 Å². The lowest BCUT2D eigenvalue weighted by Crippen LogP contribution is -2.31. The zero-order valence-corrected chi connectivity index (χ0v) is 13.6. The Bertz CT molecular complexity index is 323. The summed E-state index contributed by atoms with van der Waals surface area (Å²) in [6.07, 6.45) is 12.9. The van der Waals surface area contributed by atoms with Gasteiger partial charge in [-0.05, 0) is 43.4 Å². The first-order chi connectivity index (χ1) is 9.80. The average Bonchev–Trinajstić information content (AvgIpc) is 2.50. The van der Waals surface area contributed by atoms with E-state index < -0.39 is 0 Å². The fourth-order valence-corrected chi connectivity index (χ4v) is 2.86. The van der Waals surface area contributed by atoms with E-state index >= 15 is 0 Å². The third-order valence-electron chi connectivity index (χ3n) is 4.16. The summed E-state index contributed by atoms with van der Waals surface area (Å²) >= 11 is 0. The normalized spacial score (nSPS) is 14.2. The van der Waals surface area contributed by atoms with Crippen molar-refractivity contribution in [3.05, 3.63) is 30.1 Å².